The highest BCUT2D eigenvalue weighted by molar-refractivity contribution is 5.65. The molecular formula is C19H14N6O3. The lowest BCUT2D eigenvalue weighted by atomic mass is 10.2. The molecule has 0 fully saturated rings. The highest BCUT2D eigenvalue weighted by Gasteiger charge is 2.16. The van der Waals surface area contributed by atoms with Crippen LogP contribution in [0.15, 0.2) is 60.9 Å². The number of H-pyrrole nitrogens is 1. The summed E-state index contributed by atoms with van der Waals surface area (Å²) in [6.45, 7) is 0.226. The molecule has 2 N–H and O–H groups in total. The molecule has 5 rings (SSSR count). The van der Waals surface area contributed by atoms with Crippen molar-refractivity contribution in [1.29, 1.82) is 0 Å². The highest BCUT2D eigenvalue weighted by Crippen LogP contribution is 2.35. The summed E-state index contributed by atoms with van der Waals surface area (Å²) < 4.78 is 16.5. The molecule has 4 heterocycles. The summed E-state index contributed by atoms with van der Waals surface area (Å²) in [6.07, 6.45) is 3.30. The summed E-state index contributed by atoms with van der Waals surface area (Å²) in [5.74, 6) is 3.14. The van der Waals surface area contributed by atoms with Crippen LogP contribution >= 0.6 is 0 Å². The molecule has 28 heavy (non-hydrogen) atoms. The Labute approximate surface area is 159 Å². The third-order valence-electron chi connectivity index (χ3n) is 3.98. The number of aromatic amines is 1. The fourth-order valence-electron chi connectivity index (χ4n) is 2.70. The second kappa shape index (κ2) is 6.88. The third-order valence-corrected chi connectivity index (χ3v) is 3.98. The first-order valence-electron chi connectivity index (χ1n) is 8.48. The number of rotatable bonds is 5. The Hall–Kier alpha value is -4.14. The predicted octanol–water partition coefficient (Wildman–Crippen LogP) is 3.53. The van der Waals surface area contributed by atoms with Crippen LogP contribution in [0, 0.1) is 0 Å². The van der Waals surface area contributed by atoms with E-state index < -0.39 is 0 Å². The zero-order valence-corrected chi connectivity index (χ0v) is 14.5. The molecule has 0 atom stereocenters. The molecule has 0 unspecified atom stereocenters. The molecular weight excluding hydrogens is 360 g/mol. The molecule has 0 saturated heterocycles. The van der Waals surface area contributed by atoms with Gasteiger partial charge in [-0.1, -0.05) is 6.07 Å². The molecule has 1 aromatic carbocycles. The van der Waals surface area contributed by atoms with E-state index in [4.69, 9.17) is 14.2 Å². The predicted molar refractivity (Wildman–Crippen MR) is 99.8 cm³/mol. The van der Waals surface area contributed by atoms with E-state index in [2.05, 4.69) is 30.5 Å². The van der Waals surface area contributed by atoms with Gasteiger partial charge in [0.1, 0.15) is 0 Å². The third kappa shape index (κ3) is 3.16. The van der Waals surface area contributed by atoms with Crippen molar-refractivity contribution in [2.75, 3.05) is 12.1 Å². The Morgan fingerprint density at radius 1 is 0.964 bits per heavy atom. The fourth-order valence-corrected chi connectivity index (χ4v) is 2.70. The van der Waals surface area contributed by atoms with Gasteiger partial charge in [-0.15, -0.1) is 5.10 Å². The summed E-state index contributed by atoms with van der Waals surface area (Å²) in [4.78, 5) is 12.9. The lowest BCUT2D eigenvalue weighted by Crippen LogP contribution is -1.94. The molecule has 9 nitrogen and oxygen atoms in total. The fraction of sp³-hybridized carbons (Fsp3) is 0.0526. The minimum absolute atomic E-state index is 0.226. The van der Waals surface area contributed by atoms with Crippen LogP contribution in [-0.2, 0) is 0 Å². The van der Waals surface area contributed by atoms with Gasteiger partial charge in [0, 0.05) is 30.2 Å². The average molecular weight is 374 g/mol. The van der Waals surface area contributed by atoms with Crippen molar-refractivity contribution in [3.05, 3.63) is 60.9 Å². The molecule has 0 radical (unpaired) electrons. The van der Waals surface area contributed by atoms with Crippen molar-refractivity contribution in [3.8, 4) is 34.6 Å². The SMILES string of the molecule is c1ccc(Oc2ncccc2-c2nc(Nc3ccc4c(c3)OCO4)n[nH]2)nc1. The monoisotopic (exact) mass is 374 g/mol. The van der Waals surface area contributed by atoms with Crippen LogP contribution in [-0.4, -0.2) is 31.9 Å². The Balaban J connectivity index is 1.39. The number of aromatic nitrogens is 5. The van der Waals surface area contributed by atoms with Gasteiger partial charge in [0.15, 0.2) is 17.3 Å². The zero-order chi connectivity index (χ0) is 18.8. The van der Waals surface area contributed by atoms with Gasteiger partial charge in [0.2, 0.25) is 24.5 Å². The summed E-state index contributed by atoms with van der Waals surface area (Å²) in [5.41, 5.74) is 1.45. The number of fused-ring (bicyclic) bond motifs is 1. The Morgan fingerprint density at radius 2 is 1.89 bits per heavy atom. The van der Waals surface area contributed by atoms with Crippen molar-refractivity contribution in [2.45, 2.75) is 0 Å². The summed E-state index contributed by atoms with van der Waals surface area (Å²) >= 11 is 0. The molecule has 0 spiro atoms. The number of nitrogens with zero attached hydrogens (tertiary/aromatic N) is 4. The van der Waals surface area contributed by atoms with Crippen LogP contribution in [0.2, 0.25) is 0 Å². The van der Waals surface area contributed by atoms with Gasteiger partial charge < -0.3 is 19.5 Å². The van der Waals surface area contributed by atoms with E-state index >= 15 is 0 Å². The molecule has 0 aliphatic carbocycles. The number of nitrogens with one attached hydrogen (secondary N) is 2. The second-order valence-electron chi connectivity index (χ2n) is 5.83. The molecule has 0 amide bonds. The maximum Gasteiger partial charge on any atom is 0.246 e. The van der Waals surface area contributed by atoms with Crippen LogP contribution in [0.3, 0.4) is 0 Å². The van der Waals surface area contributed by atoms with E-state index in [-0.39, 0.29) is 6.79 Å². The Morgan fingerprint density at radius 3 is 2.82 bits per heavy atom. The maximum absolute atomic E-state index is 5.78. The number of hydrogen-bond acceptors (Lipinski definition) is 8. The first-order valence-corrected chi connectivity index (χ1v) is 8.48. The standard InChI is InChI=1S/C19H14N6O3/c1-2-8-20-16(5-1)28-18-13(4-3-9-21-18)17-23-19(25-24-17)22-12-6-7-14-15(10-12)27-11-26-14/h1-10H,11H2,(H2,22,23,24,25). The first-order chi connectivity index (χ1) is 13.8. The van der Waals surface area contributed by atoms with Crippen LogP contribution in [0.25, 0.3) is 11.4 Å². The second-order valence-corrected chi connectivity index (χ2v) is 5.83. The number of benzene rings is 1. The molecule has 0 bridgehead atoms. The Bertz CT molecular complexity index is 1120. The Kier molecular flexibility index (Phi) is 3.94. The summed E-state index contributed by atoms with van der Waals surface area (Å²) in [6, 6.07) is 14.6. The van der Waals surface area contributed by atoms with Crippen molar-refractivity contribution < 1.29 is 14.2 Å². The van der Waals surface area contributed by atoms with Gasteiger partial charge in [-0.2, -0.15) is 4.98 Å². The molecule has 0 saturated carbocycles. The zero-order valence-electron chi connectivity index (χ0n) is 14.5. The average Bonchev–Trinajstić information content (AvgIpc) is 3.38. The minimum atomic E-state index is 0.226. The first kappa shape index (κ1) is 16.1. The molecule has 138 valence electrons. The van der Waals surface area contributed by atoms with Crippen molar-refractivity contribution in [2.24, 2.45) is 0 Å². The molecule has 4 aromatic rings. The van der Waals surface area contributed by atoms with E-state index in [1.165, 1.54) is 0 Å². The number of ether oxygens (including phenoxy) is 3. The van der Waals surface area contributed by atoms with Gasteiger partial charge in [-0.05, 0) is 30.3 Å². The molecule has 1 aliphatic heterocycles. The van der Waals surface area contributed by atoms with Crippen molar-refractivity contribution in [1.82, 2.24) is 25.1 Å². The van der Waals surface area contributed by atoms with E-state index in [1.807, 2.05) is 36.4 Å². The largest absolute Gasteiger partial charge is 0.454 e. The number of anilines is 2. The van der Waals surface area contributed by atoms with E-state index in [9.17, 15) is 0 Å². The number of hydrogen-bond donors (Lipinski definition) is 2. The van der Waals surface area contributed by atoms with Gasteiger partial charge in [-0.25, -0.2) is 9.97 Å². The summed E-state index contributed by atoms with van der Waals surface area (Å²) in [5, 5.41) is 10.2. The van der Waals surface area contributed by atoms with Crippen LogP contribution in [0.4, 0.5) is 11.6 Å². The highest BCUT2D eigenvalue weighted by atomic mass is 16.7. The van der Waals surface area contributed by atoms with Gasteiger partial charge >= 0.3 is 0 Å². The number of pyridine rings is 2. The van der Waals surface area contributed by atoms with Gasteiger partial charge in [0.05, 0.1) is 5.56 Å². The van der Waals surface area contributed by atoms with Crippen molar-refractivity contribution >= 4 is 11.6 Å². The van der Waals surface area contributed by atoms with E-state index in [0.29, 0.717) is 40.6 Å². The van der Waals surface area contributed by atoms with Crippen molar-refractivity contribution in [3.63, 3.8) is 0 Å². The topological polar surface area (TPSA) is 107 Å². The molecule has 9 heteroatoms. The maximum atomic E-state index is 5.78. The van der Waals surface area contributed by atoms with Gasteiger partial charge in [0.25, 0.3) is 0 Å². The summed E-state index contributed by atoms with van der Waals surface area (Å²) in [7, 11) is 0. The lowest BCUT2D eigenvalue weighted by Gasteiger charge is -2.06. The molecule has 1 aliphatic rings. The quantitative estimate of drug-likeness (QED) is 0.546. The van der Waals surface area contributed by atoms with Crippen LogP contribution in [0.1, 0.15) is 0 Å². The lowest BCUT2D eigenvalue weighted by molar-refractivity contribution is 0.174. The van der Waals surface area contributed by atoms with E-state index in [0.717, 1.165) is 5.69 Å². The van der Waals surface area contributed by atoms with Crippen LogP contribution < -0.4 is 19.5 Å². The smallest absolute Gasteiger partial charge is 0.246 e. The van der Waals surface area contributed by atoms with Crippen LogP contribution in [0.5, 0.6) is 23.3 Å². The van der Waals surface area contributed by atoms with E-state index in [1.54, 1.807) is 24.5 Å². The normalized spacial score (nSPS) is 12.0. The molecule has 3 aromatic heterocycles. The minimum Gasteiger partial charge on any atom is -0.454 e. The van der Waals surface area contributed by atoms with Gasteiger partial charge in [-0.3, -0.25) is 5.10 Å².